The summed E-state index contributed by atoms with van der Waals surface area (Å²) in [6.07, 6.45) is 1.51. The molecule has 0 saturated carbocycles. The van der Waals surface area contributed by atoms with Crippen molar-refractivity contribution in [2.45, 2.75) is 6.61 Å². The SMILES string of the molecule is COc1cc(C=C2C(=O)c3ccccc3C2=O)cc(Cl)c1OCc1ccc(Cl)cc1Cl. The van der Waals surface area contributed by atoms with Crippen LogP contribution in [0.15, 0.2) is 60.2 Å². The Labute approximate surface area is 193 Å². The molecule has 4 rings (SSSR count). The van der Waals surface area contributed by atoms with E-state index in [4.69, 9.17) is 44.3 Å². The van der Waals surface area contributed by atoms with Gasteiger partial charge >= 0.3 is 0 Å². The Balaban J connectivity index is 1.63. The third-order valence-corrected chi connectivity index (χ3v) is 5.72. The number of carbonyl (C=O) groups excluding carboxylic acids is 2. The number of allylic oxidation sites excluding steroid dienone is 1. The molecule has 0 aliphatic heterocycles. The molecule has 3 aromatic rings. The lowest BCUT2D eigenvalue weighted by molar-refractivity contribution is 0.0990. The zero-order valence-corrected chi connectivity index (χ0v) is 18.5. The van der Waals surface area contributed by atoms with Gasteiger partial charge < -0.3 is 9.47 Å². The number of benzene rings is 3. The molecule has 0 atom stereocenters. The first-order valence-electron chi connectivity index (χ1n) is 9.23. The summed E-state index contributed by atoms with van der Waals surface area (Å²) in [6, 6.07) is 15.1. The molecule has 0 spiro atoms. The van der Waals surface area contributed by atoms with Gasteiger partial charge in [-0.25, -0.2) is 0 Å². The van der Waals surface area contributed by atoms with Gasteiger partial charge in [0, 0.05) is 26.7 Å². The number of carbonyl (C=O) groups is 2. The van der Waals surface area contributed by atoms with E-state index in [0.29, 0.717) is 38.2 Å². The van der Waals surface area contributed by atoms with Crippen molar-refractivity contribution < 1.29 is 19.1 Å². The number of rotatable bonds is 5. The summed E-state index contributed by atoms with van der Waals surface area (Å²) in [5.74, 6) is 0.0614. The molecule has 4 nitrogen and oxygen atoms in total. The van der Waals surface area contributed by atoms with E-state index < -0.39 is 0 Å². The Bertz CT molecular complexity index is 1210. The molecule has 7 heteroatoms. The van der Waals surface area contributed by atoms with Gasteiger partial charge in [0.05, 0.1) is 17.7 Å². The van der Waals surface area contributed by atoms with Crippen LogP contribution in [0.4, 0.5) is 0 Å². The zero-order valence-electron chi connectivity index (χ0n) is 16.2. The molecule has 0 bridgehead atoms. The van der Waals surface area contributed by atoms with Gasteiger partial charge in [-0.2, -0.15) is 0 Å². The standard InChI is InChI=1S/C24H15Cl3O4/c1-30-21-10-13(8-18-22(28)16-4-2-3-5-17(16)23(18)29)9-20(27)24(21)31-12-14-6-7-15(25)11-19(14)26/h2-11H,12H2,1H3. The summed E-state index contributed by atoms with van der Waals surface area (Å²) >= 11 is 18.6. The second-order valence-corrected chi connectivity index (χ2v) is 8.07. The average Bonchev–Trinajstić information content (AvgIpc) is 2.99. The highest BCUT2D eigenvalue weighted by atomic mass is 35.5. The number of methoxy groups -OCH3 is 1. The summed E-state index contributed by atoms with van der Waals surface area (Å²) < 4.78 is 11.3. The quantitative estimate of drug-likeness (QED) is 0.306. The molecule has 0 saturated heterocycles. The van der Waals surface area contributed by atoms with Crippen LogP contribution in [-0.2, 0) is 6.61 Å². The van der Waals surface area contributed by atoms with E-state index in [1.54, 1.807) is 54.6 Å². The highest BCUT2D eigenvalue weighted by Crippen LogP contribution is 2.38. The van der Waals surface area contributed by atoms with Crippen LogP contribution >= 0.6 is 34.8 Å². The lowest BCUT2D eigenvalue weighted by atomic mass is 10.1. The Morgan fingerprint density at radius 3 is 2.16 bits per heavy atom. The van der Waals surface area contributed by atoms with Crippen molar-refractivity contribution in [2.75, 3.05) is 7.11 Å². The number of halogens is 3. The van der Waals surface area contributed by atoms with Gasteiger partial charge in [0.15, 0.2) is 23.1 Å². The Morgan fingerprint density at radius 1 is 0.871 bits per heavy atom. The van der Waals surface area contributed by atoms with E-state index in [-0.39, 0.29) is 28.8 Å². The van der Waals surface area contributed by atoms with Crippen LogP contribution in [-0.4, -0.2) is 18.7 Å². The van der Waals surface area contributed by atoms with E-state index in [1.807, 2.05) is 0 Å². The van der Waals surface area contributed by atoms with Crippen molar-refractivity contribution in [3.05, 3.63) is 97.5 Å². The topological polar surface area (TPSA) is 52.6 Å². The predicted octanol–water partition coefficient (Wildman–Crippen LogP) is 6.70. The molecule has 0 unspecified atom stereocenters. The molecule has 31 heavy (non-hydrogen) atoms. The smallest absolute Gasteiger partial charge is 0.197 e. The number of hydrogen-bond donors (Lipinski definition) is 0. The predicted molar refractivity (Wildman–Crippen MR) is 122 cm³/mol. The number of fused-ring (bicyclic) bond motifs is 1. The first kappa shape index (κ1) is 21.4. The summed E-state index contributed by atoms with van der Waals surface area (Å²) in [7, 11) is 1.48. The molecule has 1 aliphatic rings. The third kappa shape index (κ3) is 4.19. The van der Waals surface area contributed by atoms with Crippen LogP contribution in [0.25, 0.3) is 6.08 Å². The van der Waals surface area contributed by atoms with Crippen molar-refractivity contribution in [1.82, 2.24) is 0 Å². The number of Topliss-reactive ketones (excluding diaryl/α,β-unsaturated/α-hetero) is 2. The van der Waals surface area contributed by atoms with Gasteiger partial charge in [-0.3, -0.25) is 9.59 Å². The Kier molecular flexibility index (Phi) is 6.05. The number of hydrogen-bond acceptors (Lipinski definition) is 4. The van der Waals surface area contributed by atoms with Crippen molar-refractivity contribution in [1.29, 1.82) is 0 Å². The van der Waals surface area contributed by atoms with E-state index >= 15 is 0 Å². The lowest BCUT2D eigenvalue weighted by Crippen LogP contribution is -2.01. The monoisotopic (exact) mass is 472 g/mol. The third-order valence-electron chi connectivity index (χ3n) is 4.86. The van der Waals surface area contributed by atoms with Gasteiger partial charge in [-0.05, 0) is 35.9 Å². The molecule has 0 fully saturated rings. The van der Waals surface area contributed by atoms with Crippen molar-refractivity contribution in [2.24, 2.45) is 0 Å². The van der Waals surface area contributed by atoms with Crippen LogP contribution in [0.1, 0.15) is 31.8 Å². The minimum Gasteiger partial charge on any atom is -0.493 e. The summed E-state index contributed by atoms with van der Waals surface area (Å²) in [5, 5.41) is 1.27. The second-order valence-electron chi connectivity index (χ2n) is 6.82. The molecule has 3 aromatic carbocycles. The molecule has 1 aliphatic carbocycles. The molecule has 0 N–H and O–H groups in total. The molecular formula is C24H15Cl3O4. The highest BCUT2D eigenvalue weighted by Gasteiger charge is 2.32. The summed E-state index contributed by atoms with van der Waals surface area (Å²) in [6.45, 7) is 0.152. The maximum Gasteiger partial charge on any atom is 0.197 e. The normalized spacial score (nSPS) is 12.7. The van der Waals surface area contributed by atoms with Crippen LogP contribution < -0.4 is 9.47 Å². The van der Waals surface area contributed by atoms with Crippen molar-refractivity contribution in [3.8, 4) is 11.5 Å². The largest absolute Gasteiger partial charge is 0.493 e. The molecule has 0 aromatic heterocycles. The maximum absolute atomic E-state index is 12.6. The average molecular weight is 474 g/mol. The van der Waals surface area contributed by atoms with E-state index in [1.165, 1.54) is 13.2 Å². The first-order valence-corrected chi connectivity index (χ1v) is 10.4. The fourth-order valence-electron chi connectivity index (χ4n) is 3.32. The van der Waals surface area contributed by atoms with Crippen LogP contribution in [0, 0.1) is 0 Å². The molecule has 156 valence electrons. The van der Waals surface area contributed by atoms with E-state index in [0.717, 1.165) is 5.56 Å². The van der Waals surface area contributed by atoms with Gasteiger partial charge in [-0.15, -0.1) is 0 Å². The highest BCUT2D eigenvalue weighted by molar-refractivity contribution is 6.41. The van der Waals surface area contributed by atoms with Crippen LogP contribution in [0.3, 0.4) is 0 Å². The fourth-order valence-corrected chi connectivity index (χ4v) is 4.06. The molecule has 0 radical (unpaired) electrons. The molecule has 0 heterocycles. The van der Waals surface area contributed by atoms with Gasteiger partial charge in [-0.1, -0.05) is 65.1 Å². The summed E-state index contributed by atoms with van der Waals surface area (Å²) in [4.78, 5) is 25.3. The minimum absolute atomic E-state index is 0.0842. The minimum atomic E-state index is -0.312. The van der Waals surface area contributed by atoms with Gasteiger partial charge in [0.2, 0.25) is 0 Å². The van der Waals surface area contributed by atoms with Crippen molar-refractivity contribution in [3.63, 3.8) is 0 Å². The first-order chi connectivity index (χ1) is 14.9. The van der Waals surface area contributed by atoms with Crippen LogP contribution in [0.2, 0.25) is 15.1 Å². The molecular weight excluding hydrogens is 459 g/mol. The number of ether oxygens (including phenoxy) is 2. The maximum atomic E-state index is 12.6. The Hall–Kier alpha value is -2.79. The van der Waals surface area contributed by atoms with Gasteiger partial charge in [0.25, 0.3) is 0 Å². The van der Waals surface area contributed by atoms with E-state index in [9.17, 15) is 9.59 Å². The second kappa shape index (κ2) is 8.75. The Morgan fingerprint density at radius 2 is 1.55 bits per heavy atom. The zero-order chi connectivity index (χ0) is 22.1. The molecule has 0 amide bonds. The van der Waals surface area contributed by atoms with Crippen LogP contribution in [0.5, 0.6) is 11.5 Å². The van der Waals surface area contributed by atoms with Gasteiger partial charge in [0.1, 0.15) is 6.61 Å². The summed E-state index contributed by atoms with van der Waals surface area (Å²) in [5.41, 5.74) is 2.16. The number of ketones is 2. The lowest BCUT2D eigenvalue weighted by Gasteiger charge is -2.14. The van der Waals surface area contributed by atoms with Crippen molar-refractivity contribution >= 4 is 52.4 Å². The fraction of sp³-hybridized carbons (Fsp3) is 0.0833. The van der Waals surface area contributed by atoms with E-state index in [2.05, 4.69) is 0 Å².